The highest BCUT2D eigenvalue weighted by Gasteiger charge is 2.17. The van der Waals surface area contributed by atoms with Gasteiger partial charge in [0.1, 0.15) is 5.82 Å². The molecule has 2 aromatic rings. The third-order valence-electron chi connectivity index (χ3n) is 2.60. The number of nitrogens with one attached hydrogen (secondary N) is 2. The number of nitrogens with zero attached hydrogens (tertiary/aromatic N) is 4. The molecule has 0 aliphatic rings. The molecule has 14 heteroatoms. The number of rotatable bonds is 6. The van der Waals surface area contributed by atoms with Crippen LogP contribution in [-0.2, 0) is 10.5 Å². The molecule has 0 aliphatic carbocycles. The molecule has 0 saturated heterocycles. The normalized spacial score (nSPS) is 10.7. The average Bonchev–Trinajstić information content (AvgIpc) is 3.00. The Morgan fingerprint density at radius 1 is 1.40 bits per heavy atom. The molecule has 0 amide bonds. The summed E-state index contributed by atoms with van der Waals surface area (Å²) >= 11 is 5.67. The van der Waals surface area contributed by atoms with Gasteiger partial charge in [-0.2, -0.15) is 12.8 Å². The van der Waals surface area contributed by atoms with Crippen molar-refractivity contribution in [2.75, 3.05) is 23.7 Å². The lowest BCUT2D eigenvalue weighted by Crippen LogP contribution is -2.17. The van der Waals surface area contributed by atoms with E-state index < -0.39 is 16.3 Å². The van der Waals surface area contributed by atoms with Gasteiger partial charge < -0.3 is 22.0 Å². The Hall–Kier alpha value is -2.77. The first-order chi connectivity index (χ1) is 11.5. The number of oxime groups is 1. The minimum atomic E-state index is -2.50. The first kappa shape index (κ1) is 20.3. The number of amidine groups is 1. The third kappa shape index (κ3) is 5.66. The van der Waals surface area contributed by atoms with Crippen molar-refractivity contribution in [3.8, 4) is 0 Å². The Morgan fingerprint density at radius 2 is 2.16 bits per heavy atom. The molecule has 0 atom stereocenters. The fourth-order valence-corrected chi connectivity index (χ4v) is 2.02. The van der Waals surface area contributed by atoms with Gasteiger partial charge in [0.25, 0.3) is 0 Å². The summed E-state index contributed by atoms with van der Waals surface area (Å²) < 4.78 is 41.5. The van der Waals surface area contributed by atoms with Crippen LogP contribution < -0.4 is 16.8 Å². The molecule has 6 N–H and O–H groups in total. The maximum Gasteiger partial charge on any atom is 0.311 e. The Balaban J connectivity index is 0.00000312. The molecule has 0 spiro atoms. The quantitative estimate of drug-likeness (QED) is 0.187. The summed E-state index contributed by atoms with van der Waals surface area (Å²) in [5.74, 6) is -0.657. The number of hydrogen-bond acceptors (Lipinski definition) is 10. The van der Waals surface area contributed by atoms with Gasteiger partial charge >= 0.3 is 10.5 Å². The van der Waals surface area contributed by atoms with Crippen LogP contribution in [0.2, 0.25) is 5.02 Å². The van der Waals surface area contributed by atoms with E-state index >= 15 is 0 Å². The average molecular weight is 394 g/mol. The molecule has 1 aromatic heterocycles. The molecule has 0 saturated carbocycles. The van der Waals surface area contributed by atoms with Gasteiger partial charge in [0, 0.05) is 12.2 Å². The minimum absolute atomic E-state index is 0. The zero-order chi connectivity index (χ0) is 17.5. The highest BCUT2D eigenvalue weighted by molar-refractivity contribution is 7.61. The molecule has 0 bridgehead atoms. The summed E-state index contributed by atoms with van der Waals surface area (Å²) in [5, 5.41) is 24.6. The van der Waals surface area contributed by atoms with E-state index in [9.17, 15) is 12.8 Å². The van der Waals surface area contributed by atoms with Crippen molar-refractivity contribution < 1.29 is 22.6 Å². The van der Waals surface area contributed by atoms with Crippen LogP contribution in [0.3, 0.4) is 0 Å². The standard InChI is InChI=1S/C11H10ClFN6O4S.H3N/c12-7-5-6(1-2-8(7)13)16-11(17-20)9-10(19-23-18-9)14-3-4-15-24(21)22;/h1-2,5,20H,3-4H2,(H,14,19)(H,16,17);1H3. The van der Waals surface area contributed by atoms with Crippen molar-refractivity contribution in [3.63, 3.8) is 0 Å². The molecular formula is C11H13ClFN7O4S. The fraction of sp³-hybridized carbons (Fsp3) is 0.182. The second-order valence-electron chi connectivity index (χ2n) is 4.16. The van der Waals surface area contributed by atoms with E-state index in [-0.39, 0.29) is 41.6 Å². The highest BCUT2D eigenvalue weighted by Crippen LogP contribution is 2.20. The number of hydrogen-bond donors (Lipinski definition) is 4. The van der Waals surface area contributed by atoms with Crippen LogP contribution in [0.15, 0.2) is 32.3 Å². The van der Waals surface area contributed by atoms with Crippen LogP contribution in [0.25, 0.3) is 0 Å². The first-order valence-corrected chi connectivity index (χ1v) is 7.70. The van der Waals surface area contributed by atoms with Crippen molar-refractivity contribution in [2.45, 2.75) is 0 Å². The number of anilines is 2. The van der Waals surface area contributed by atoms with Gasteiger partial charge in [0.05, 0.1) is 11.6 Å². The lowest BCUT2D eigenvalue weighted by atomic mass is 10.3. The van der Waals surface area contributed by atoms with Crippen molar-refractivity contribution >= 4 is 39.4 Å². The highest BCUT2D eigenvalue weighted by atomic mass is 35.5. The number of aromatic nitrogens is 2. The van der Waals surface area contributed by atoms with Crippen molar-refractivity contribution in [1.82, 2.24) is 16.5 Å². The Morgan fingerprint density at radius 3 is 2.80 bits per heavy atom. The molecule has 2 rings (SSSR count). The maximum atomic E-state index is 13.1. The largest absolute Gasteiger partial charge is 0.409 e. The fourth-order valence-electron chi connectivity index (χ4n) is 1.60. The van der Waals surface area contributed by atoms with E-state index in [1.165, 1.54) is 12.1 Å². The summed E-state index contributed by atoms with van der Waals surface area (Å²) in [7, 11) is -2.50. The van der Waals surface area contributed by atoms with E-state index in [0.717, 1.165) is 6.07 Å². The van der Waals surface area contributed by atoms with Crippen LogP contribution in [0.5, 0.6) is 0 Å². The maximum absolute atomic E-state index is 13.1. The summed E-state index contributed by atoms with van der Waals surface area (Å²) in [6.07, 6.45) is 0. The number of halogens is 2. The topological polar surface area (TPSA) is 177 Å². The van der Waals surface area contributed by atoms with Crippen LogP contribution in [0.4, 0.5) is 15.9 Å². The molecule has 0 fully saturated rings. The summed E-state index contributed by atoms with van der Waals surface area (Å²) in [4.78, 5) is 0. The molecular weight excluding hydrogens is 381 g/mol. The monoisotopic (exact) mass is 393 g/mol. The van der Waals surface area contributed by atoms with Gasteiger partial charge in [-0.3, -0.25) is 0 Å². The zero-order valence-electron chi connectivity index (χ0n) is 12.5. The Kier molecular flexibility index (Phi) is 7.71. The molecule has 0 aliphatic heterocycles. The summed E-state index contributed by atoms with van der Waals surface area (Å²) in [6, 6.07) is 3.78. The zero-order valence-corrected chi connectivity index (χ0v) is 14.1. The molecule has 11 nitrogen and oxygen atoms in total. The smallest absolute Gasteiger partial charge is 0.311 e. The molecule has 1 heterocycles. The van der Waals surface area contributed by atoms with Crippen molar-refractivity contribution in [3.05, 3.63) is 34.7 Å². The molecule has 25 heavy (non-hydrogen) atoms. The van der Waals surface area contributed by atoms with Gasteiger partial charge in [-0.05, 0) is 28.5 Å². The second kappa shape index (κ2) is 9.51. The van der Waals surface area contributed by atoms with Gasteiger partial charge in [-0.25, -0.2) is 9.02 Å². The van der Waals surface area contributed by atoms with Gasteiger partial charge in [-0.1, -0.05) is 16.8 Å². The molecule has 1 aromatic carbocycles. The van der Waals surface area contributed by atoms with Crippen molar-refractivity contribution in [2.24, 2.45) is 9.52 Å². The third-order valence-corrected chi connectivity index (χ3v) is 3.28. The van der Waals surface area contributed by atoms with Gasteiger partial charge in [0.15, 0.2) is 5.69 Å². The van der Waals surface area contributed by atoms with Crippen LogP contribution in [-0.4, -0.2) is 42.9 Å². The van der Waals surface area contributed by atoms with E-state index in [0.29, 0.717) is 5.69 Å². The van der Waals surface area contributed by atoms with E-state index in [2.05, 4.69) is 35.1 Å². The Bertz CT molecular complexity index is 878. The van der Waals surface area contributed by atoms with Gasteiger partial charge in [0.2, 0.25) is 11.7 Å². The van der Waals surface area contributed by atoms with Crippen molar-refractivity contribution in [1.29, 1.82) is 0 Å². The molecule has 136 valence electrons. The van der Waals surface area contributed by atoms with Crippen LogP contribution in [0, 0.1) is 5.82 Å². The summed E-state index contributed by atoms with van der Waals surface area (Å²) in [5.41, 5.74) is 0.348. The van der Waals surface area contributed by atoms with E-state index in [1.807, 2.05) is 0 Å². The van der Waals surface area contributed by atoms with Crippen LogP contribution in [0.1, 0.15) is 5.69 Å². The predicted octanol–water partition coefficient (Wildman–Crippen LogP) is 1.75. The molecule has 0 radical (unpaired) electrons. The second-order valence-corrected chi connectivity index (χ2v) is 5.26. The van der Waals surface area contributed by atoms with E-state index in [4.69, 9.17) is 16.8 Å². The number of benzene rings is 1. The lowest BCUT2D eigenvalue weighted by Gasteiger charge is -2.07. The summed E-state index contributed by atoms with van der Waals surface area (Å²) in [6.45, 7) is 0.0886. The predicted molar refractivity (Wildman–Crippen MR) is 87.4 cm³/mol. The minimum Gasteiger partial charge on any atom is -0.409 e. The van der Waals surface area contributed by atoms with Gasteiger partial charge in [-0.15, -0.1) is 0 Å². The SMILES string of the molecule is N.O=S(=O)=NCCNc1nonc1C(=NO)Nc1ccc(F)c(Cl)c1. The lowest BCUT2D eigenvalue weighted by molar-refractivity contribution is 0.305. The Labute approximate surface area is 147 Å². The van der Waals surface area contributed by atoms with Crippen LogP contribution >= 0.6 is 11.6 Å². The van der Waals surface area contributed by atoms with E-state index in [1.54, 1.807) is 0 Å². The first-order valence-electron chi connectivity index (χ1n) is 6.29. The molecule has 0 unspecified atom stereocenters.